The van der Waals surface area contributed by atoms with Gasteiger partial charge in [-0.1, -0.05) is 39.0 Å². The largest absolute Gasteiger partial charge is 0.481 e. The van der Waals surface area contributed by atoms with Crippen molar-refractivity contribution in [2.24, 2.45) is 11.8 Å². The molecule has 1 aliphatic rings. The smallest absolute Gasteiger partial charge is 0.314 e. The third-order valence-corrected chi connectivity index (χ3v) is 4.14. The molecular weight excluding hydrogens is 256 g/mol. The molecule has 1 unspecified atom stereocenters. The quantitative estimate of drug-likeness (QED) is 0.570. The van der Waals surface area contributed by atoms with E-state index in [0.29, 0.717) is 13.1 Å². The molecule has 1 fully saturated rings. The molecule has 116 valence electrons. The molecule has 1 atom stereocenters. The van der Waals surface area contributed by atoms with Gasteiger partial charge in [0, 0.05) is 19.5 Å². The molecule has 0 radical (unpaired) electrons. The average molecular weight is 284 g/mol. The highest BCUT2D eigenvalue weighted by Crippen LogP contribution is 2.28. The maximum absolute atomic E-state index is 11.6. The Labute approximate surface area is 121 Å². The second-order valence-electron chi connectivity index (χ2n) is 5.80. The van der Waals surface area contributed by atoms with E-state index in [1.165, 1.54) is 32.1 Å². The molecule has 5 heteroatoms. The Bertz CT molecular complexity index is 301. The summed E-state index contributed by atoms with van der Waals surface area (Å²) in [6.07, 6.45) is 8.52. The van der Waals surface area contributed by atoms with Crippen molar-refractivity contribution < 1.29 is 14.7 Å². The molecule has 0 saturated heterocycles. The van der Waals surface area contributed by atoms with Crippen LogP contribution in [0.3, 0.4) is 0 Å². The van der Waals surface area contributed by atoms with E-state index in [9.17, 15) is 9.59 Å². The number of rotatable bonds is 9. The van der Waals surface area contributed by atoms with Gasteiger partial charge in [-0.05, 0) is 24.7 Å². The van der Waals surface area contributed by atoms with Gasteiger partial charge in [0.25, 0.3) is 0 Å². The summed E-state index contributed by atoms with van der Waals surface area (Å²) < 4.78 is 0. The number of carbonyl (C=O) groups is 2. The van der Waals surface area contributed by atoms with E-state index in [4.69, 9.17) is 5.11 Å². The summed E-state index contributed by atoms with van der Waals surface area (Å²) >= 11 is 0. The Kier molecular flexibility index (Phi) is 8.07. The molecule has 1 rings (SSSR count). The molecular formula is C15H28N2O3. The summed E-state index contributed by atoms with van der Waals surface area (Å²) in [5.41, 5.74) is 0. The molecule has 0 aliphatic heterocycles. The molecule has 0 bridgehead atoms. The minimum Gasteiger partial charge on any atom is -0.481 e. The number of amides is 2. The summed E-state index contributed by atoms with van der Waals surface area (Å²) in [4.78, 5) is 22.2. The highest BCUT2D eigenvalue weighted by molar-refractivity contribution is 5.74. The van der Waals surface area contributed by atoms with Gasteiger partial charge in [0.05, 0.1) is 0 Å². The second-order valence-corrected chi connectivity index (χ2v) is 5.80. The zero-order chi connectivity index (χ0) is 14.8. The van der Waals surface area contributed by atoms with Crippen molar-refractivity contribution in [1.29, 1.82) is 0 Å². The van der Waals surface area contributed by atoms with E-state index < -0.39 is 5.97 Å². The van der Waals surface area contributed by atoms with E-state index in [1.807, 2.05) is 6.92 Å². The fourth-order valence-electron chi connectivity index (χ4n) is 2.80. The number of carboxylic acid groups (broad SMARTS) is 1. The number of hydrogen-bond acceptors (Lipinski definition) is 2. The van der Waals surface area contributed by atoms with Crippen LogP contribution in [-0.4, -0.2) is 30.2 Å². The van der Waals surface area contributed by atoms with Crippen LogP contribution in [0.2, 0.25) is 0 Å². The Morgan fingerprint density at radius 1 is 1.25 bits per heavy atom. The minimum absolute atomic E-state index is 0.0109. The molecule has 0 spiro atoms. The van der Waals surface area contributed by atoms with E-state index in [2.05, 4.69) is 10.6 Å². The van der Waals surface area contributed by atoms with Crippen LogP contribution in [0.5, 0.6) is 0 Å². The van der Waals surface area contributed by atoms with Crippen molar-refractivity contribution in [1.82, 2.24) is 10.6 Å². The lowest BCUT2D eigenvalue weighted by Crippen LogP contribution is -2.39. The van der Waals surface area contributed by atoms with Gasteiger partial charge in [-0.15, -0.1) is 0 Å². The predicted molar refractivity (Wildman–Crippen MR) is 78.6 cm³/mol. The first-order chi connectivity index (χ1) is 9.61. The van der Waals surface area contributed by atoms with Crippen molar-refractivity contribution in [2.75, 3.05) is 13.1 Å². The predicted octanol–water partition coefficient (Wildman–Crippen LogP) is 2.76. The van der Waals surface area contributed by atoms with Crippen molar-refractivity contribution in [3.8, 4) is 0 Å². The average Bonchev–Trinajstić information content (AvgIpc) is 2.92. The van der Waals surface area contributed by atoms with E-state index >= 15 is 0 Å². The lowest BCUT2D eigenvalue weighted by atomic mass is 10.0. The second kappa shape index (κ2) is 9.61. The SMILES string of the molecule is CCC(CNC(=O)NCCCC1CCCC1)CC(=O)O. The third-order valence-electron chi connectivity index (χ3n) is 4.14. The van der Waals surface area contributed by atoms with Crippen LogP contribution in [0.1, 0.15) is 58.3 Å². The fraction of sp³-hybridized carbons (Fsp3) is 0.867. The number of carboxylic acids is 1. The van der Waals surface area contributed by atoms with Crippen molar-refractivity contribution in [2.45, 2.75) is 58.3 Å². The van der Waals surface area contributed by atoms with Crippen LogP contribution < -0.4 is 10.6 Å². The van der Waals surface area contributed by atoms with E-state index in [1.54, 1.807) is 0 Å². The van der Waals surface area contributed by atoms with Gasteiger partial charge >= 0.3 is 12.0 Å². The minimum atomic E-state index is -0.810. The molecule has 2 amide bonds. The maximum Gasteiger partial charge on any atom is 0.314 e. The first-order valence-corrected chi connectivity index (χ1v) is 7.85. The lowest BCUT2D eigenvalue weighted by molar-refractivity contribution is -0.138. The lowest BCUT2D eigenvalue weighted by Gasteiger charge is -2.14. The Hall–Kier alpha value is -1.26. The van der Waals surface area contributed by atoms with E-state index in [0.717, 1.165) is 18.8 Å². The van der Waals surface area contributed by atoms with Crippen LogP contribution in [0.25, 0.3) is 0 Å². The first-order valence-electron chi connectivity index (χ1n) is 7.85. The standard InChI is InChI=1S/C15H28N2O3/c1-2-12(10-14(18)19)11-17-15(20)16-9-5-8-13-6-3-4-7-13/h12-13H,2-11H2,1H3,(H,18,19)(H2,16,17,20). The Morgan fingerprint density at radius 3 is 2.55 bits per heavy atom. The third kappa shape index (κ3) is 7.36. The van der Waals surface area contributed by atoms with Gasteiger partial charge in [0.2, 0.25) is 0 Å². The molecule has 0 heterocycles. The van der Waals surface area contributed by atoms with E-state index in [-0.39, 0.29) is 18.4 Å². The fourth-order valence-corrected chi connectivity index (χ4v) is 2.80. The molecule has 5 nitrogen and oxygen atoms in total. The van der Waals surface area contributed by atoms with Crippen molar-refractivity contribution >= 4 is 12.0 Å². The van der Waals surface area contributed by atoms with Gasteiger partial charge in [-0.2, -0.15) is 0 Å². The molecule has 20 heavy (non-hydrogen) atoms. The number of nitrogens with one attached hydrogen (secondary N) is 2. The summed E-state index contributed by atoms with van der Waals surface area (Å²) in [6.45, 7) is 3.07. The van der Waals surface area contributed by atoms with Crippen LogP contribution in [0.15, 0.2) is 0 Å². The number of hydrogen-bond donors (Lipinski definition) is 3. The van der Waals surface area contributed by atoms with Gasteiger partial charge in [-0.3, -0.25) is 4.79 Å². The van der Waals surface area contributed by atoms with Gasteiger partial charge in [-0.25, -0.2) is 4.79 Å². The summed E-state index contributed by atoms with van der Waals surface area (Å²) in [5, 5.41) is 14.3. The molecule has 3 N–H and O–H groups in total. The van der Waals surface area contributed by atoms with Crippen molar-refractivity contribution in [3.63, 3.8) is 0 Å². The zero-order valence-electron chi connectivity index (χ0n) is 12.5. The van der Waals surface area contributed by atoms with Gasteiger partial charge < -0.3 is 15.7 Å². The first kappa shape index (κ1) is 16.8. The number of aliphatic carboxylic acids is 1. The summed E-state index contributed by atoms with van der Waals surface area (Å²) in [5.74, 6) is 0.0623. The van der Waals surface area contributed by atoms with Gasteiger partial charge in [0.15, 0.2) is 0 Å². The highest BCUT2D eigenvalue weighted by Gasteiger charge is 2.14. The summed E-state index contributed by atoms with van der Waals surface area (Å²) in [6, 6.07) is -0.180. The van der Waals surface area contributed by atoms with Crippen LogP contribution in [0.4, 0.5) is 4.79 Å². The van der Waals surface area contributed by atoms with Gasteiger partial charge in [0.1, 0.15) is 0 Å². The highest BCUT2D eigenvalue weighted by atomic mass is 16.4. The molecule has 0 aromatic carbocycles. The molecule has 1 saturated carbocycles. The van der Waals surface area contributed by atoms with Crippen LogP contribution >= 0.6 is 0 Å². The summed E-state index contributed by atoms with van der Waals surface area (Å²) in [7, 11) is 0. The maximum atomic E-state index is 11.6. The molecule has 0 aromatic heterocycles. The number of urea groups is 1. The van der Waals surface area contributed by atoms with Crippen LogP contribution in [0, 0.1) is 11.8 Å². The normalized spacial score (nSPS) is 16.9. The number of carbonyl (C=O) groups excluding carboxylic acids is 1. The molecule has 0 aromatic rings. The zero-order valence-corrected chi connectivity index (χ0v) is 12.5. The Balaban J connectivity index is 2.02. The topological polar surface area (TPSA) is 78.4 Å². The molecule has 1 aliphatic carbocycles. The van der Waals surface area contributed by atoms with Crippen molar-refractivity contribution in [3.05, 3.63) is 0 Å². The monoisotopic (exact) mass is 284 g/mol. The van der Waals surface area contributed by atoms with Crippen LogP contribution in [-0.2, 0) is 4.79 Å². The Morgan fingerprint density at radius 2 is 1.95 bits per heavy atom.